The van der Waals surface area contributed by atoms with E-state index in [1.807, 2.05) is 12.1 Å². The number of hydrogen-bond acceptors (Lipinski definition) is 4. The molecule has 0 bridgehead atoms. The molecule has 5 rings (SSSR count). The number of hydrogen-bond donors (Lipinski definition) is 0. The molecule has 0 saturated carbocycles. The Morgan fingerprint density at radius 2 is 1.69 bits per heavy atom. The predicted molar refractivity (Wildman–Crippen MR) is 167 cm³/mol. The molecule has 3 aromatic carbocycles. The SMILES string of the molecule is Cc1cccc(C2=CCN(C(=O)c3ccc(Cl)c(S(=O)(=O)N(C)c4c(C)n(C)n(-c5ccccc5)c4=O)c3)CC2)c1C. The topological polar surface area (TPSA) is 84.6 Å². The maximum atomic E-state index is 13.9. The van der Waals surface area contributed by atoms with E-state index in [-0.39, 0.29) is 27.1 Å². The number of nitrogens with zero attached hydrogens (tertiary/aromatic N) is 4. The normalized spacial score (nSPS) is 13.7. The summed E-state index contributed by atoms with van der Waals surface area (Å²) in [6.45, 7) is 6.78. The average molecular weight is 605 g/mol. The molecule has 0 atom stereocenters. The van der Waals surface area contributed by atoms with Crippen LogP contribution in [0.4, 0.5) is 5.69 Å². The molecular formula is C32H33ClN4O4S. The van der Waals surface area contributed by atoms with Crippen molar-refractivity contribution in [3.8, 4) is 5.69 Å². The van der Waals surface area contributed by atoms with Gasteiger partial charge < -0.3 is 4.90 Å². The lowest BCUT2D eigenvalue weighted by atomic mass is 9.93. The highest BCUT2D eigenvalue weighted by Crippen LogP contribution is 2.31. The monoisotopic (exact) mass is 604 g/mol. The number of aromatic nitrogens is 2. The van der Waals surface area contributed by atoms with Crippen molar-refractivity contribution in [3.63, 3.8) is 0 Å². The van der Waals surface area contributed by atoms with Crippen LogP contribution in [0.1, 0.15) is 39.2 Å². The molecule has 4 aromatic rings. The quantitative estimate of drug-likeness (QED) is 0.291. The lowest BCUT2D eigenvalue weighted by Crippen LogP contribution is -2.35. The highest BCUT2D eigenvalue weighted by Gasteiger charge is 2.31. The number of halogens is 1. The van der Waals surface area contributed by atoms with Gasteiger partial charge in [0.2, 0.25) is 0 Å². The number of rotatable bonds is 6. The number of benzene rings is 3. The number of para-hydroxylation sites is 1. The summed E-state index contributed by atoms with van der Waals surface area (Å²) in [4.78, 5) is 28.5. The maximum absolute atomic E-state index is 13.9. The molecule has 0 unspecified atom stereocenters. The molecule has 42 heavy (non-hydrogen) atoms. The summed E-state index contributed by atoms with van der Waals surface area (Å²) in [6.07, 6.45) is 2.75. The van der Waals surface area contributed by atoms with Crippen molar-refractivity contribution in [3.05, 3.63) is 116 Å². The highest BCUT2D eigenvalue weighted by atomic mass is 35.5. The standard InChI is InChI=1S/C32H33ClN4O4S/c1-21-10-9-13-27(22(21)2)24-16-18-36(19-17-24)31(38)25-14-15-28(33)29(20-25)42(40,41)35(5)30-23(3)34(4)37(32(30)39)26-11-7-6-8-12-26/h6-16,20H,17-19H2,1-5H3. The van der Waals surface area contributed by atoms with Gasteiger partial charge in [-0.1, -0.05) is 54.1 Å². The van der Waals surface area contributed by atoms with Crippen LogP contribution in [0.2, 0.25) is 5.02 Å². The molecule has 0 aliphatic carbocycles. The number of carbonyl (C=O) groups excluding carboxylic acids is 1. The third kappa shape index (κ3) is 5.07. The first kappa shape index (κ1) is 29.4. The lowest BCUT2D eigenvalue weighted by Gasteiger charge is -2.28. The Kier molecular flexibility index (Phi) is 7.92. The van der Waals surface area contributed by atoms with Crippen LogP contribution in [-0.4, -0.2) is 48.7 Å². The summed E-state index contributed by atoms with van der Waals surface area (Å²) in [5.74, 6) is -0.288. The summed E-state index contributed by atoms with van der Waals surface area (Å²) in [6, 6.07) is 19.4. The Labute approximate surface area is 251 Å². The van der Waals surface area contributed by atoms with Gasteiger partial charge in [0.15, 0.2) is 0 Å². The van der Waals surface area contributed by atoms with E-state index in [1.54, 1.807) is 47.8 Å². The minimum Gasteiger partial charge on any atom is -0.335 e. The minimum absolute atomic E-state index is 0.00529. The zero-order valence-electron chi connectivity index (χ0n) is 24.3. The molecular weight excluding hydrogens is 572 g/mol. The first-order chi connectivity index (χ1) is 19.9. The van der Waals surface area contributed by atoms with Crippen LogP contribution in [0.15, 0.2) is 82.5 Å². The van der Waals surface area contributed by atoms with E-state index in [0.717, 1.165) is 4.31 Å². The van der Waals surface area contributed by atoms with E-state index < -0.39 is 15.6 Å². The molecule has 8 nitrogen and oxygen atoms in total. The summed E-state index contributed by atoms with van der Waals surface area (Å²) >= 11 is 6.40. The van der Waals surface area contributed by atoms with Gasteiger partial charge in [-0.25, -0.2) is 13.1 Å². The van der Waals surface area contributed by atoms with E-state index >= 15 is 0 Å². The summed E-state index contributed by atoms with van der Waals surface area (Å²) in [7, 11) is -1.29. The van der Waals surface area contributed by atoms with Crippen molar-refractivity contribution < 1.29 is 13.2 Å². The van der Waals surface area contributed by atoms with Crippen molar-refractivity contribution in [2.24, 2.45) is 7.05 Å². The minimum atomic E-state index is -4.30. The fourth-order valence-corrected chi connectivity index (χ4v) is 7.14. The highest BCUT2D eigenvalue weighted by molar-refractivity contribution is 7.93. The fraction of sp³-hybridized carbons (Fsp3) is 0.250. The van der Waals surface area contributed by atoms with Crippen LogP contribution in [-0.2, 0) is 17.1 Å². The molecule has 218 valence electrons. The Hall–Kier alpha value is -4.08. The van der Waals surface area contributed by atoms with Gasteiger partial charge in [-0.15, -0.1) is 0 Å². The molecule has 10 heteroatoms. The smallest absolute Gasteiger partial charge is 0.296 e. The first-order valence-corrected chi connectivity index (χ1v) is 15.4. The summed E-state index contributed by atoms with van der Waals surface area (Å²) in [5.41, 5.74) is 5.60. The van der Waals surface area contributed by atoms with Crippen molar-refractivity contribution in [1.29, 1.82) is 0 Å². The second kappa shape index (κ2) is 11.3. The van der Waals surface area contributed by atoms with Crippen molar-refractivity contribution in [2.75, 3.05) is 24.4 Å². The first-order valence-electron chi connectivity index (χ1n) is 13.6. The van der Waals surface area contributed by atoms with Crippen molar-refractivity contribution >= 4 is 38.8 Å². The number of carbonyl (C=O) groups is 1. The second-order valence-electron chi connectivity index (χ2n) is 10.5. The number of amides is 1. The molecule has 1 aliphatic rings. The third-order valence-corrected chi connectivity index (χ3v) is 10.3. The molecule has 0 radical (unpaired) electrons. The van der Waals surface area contributed by atoms with E-state index in [4.69, 9.17) is 11.6 Å². The molecule has 0 N–H and O–H groups in total. The predicted octanol–water partition coefficient (Wildman–Crippen LogP) is 5.51. The Bertz CT molecular complexity index is 1890. The summed E-state index contributed by atoms with van der Waals surface area (Å²) in [5, 5.41) is -0.0360. The van der Waals surface area contributed by atoms with Crippen LogP contribution < -0.4 is 9.86 Å². The van der Waals surface area contributed by atoms with Gasteiger partial charge in [-0.2, -0.15) is 0 Å². The lowest BCUT2D eigenvalue weighted by molar-refractivity contribution is 0.0772. The van der Waals surface area contributed by atoms with E-state index in [1.165, 1.54) is 52.2 Å². The van der Waals surface area contributed by atoms with E-state index in [0.29, 0.717) is 30.9 Å². The van der Waals surface area contributed by atoms with Crippen molar-refractivity contribution in [2.45, 2.75) is 32.1 Å². The molecule has 1 aromatic heterocycles. The number of sulfonamides is 1. The average Bonchev–Trinajstić information content (AvgIpc) is 3.21. The van der Waals surface area contributed by atoms with E-state index in [2.05, 4.69) is 32.1 Å². The Morgan fingerprint density at radius 1 is 0.976 bits per heavy atom. The van der Waals surface area contributed by atoms with Gasteiger partial charge in [0.05, 0.1) is 16.4 Å². The maximum Gasteiger partial charge on any atom is 0.296 e. The molecule has 0 saturated heterocycles. The van der Waals surface area contributed by atoms with Gasteiger partial charge in [0.25, 0.3) is 21.5 Å². The number of aryl methyl sites for hydroxylation is 1. The van der Waals surface area contributed by atoms with Crippen LogP contribution in [0, 0.1) is 20.8 Å². The van der Waals surface area contributed by atoms with Crippen LogP contribution in [0.25, 0.3) is 11.3 Å². The zero-order chi connectivity index (χ0) is 30.3. The fourth-order valence-electron chi connectivity index (χ4n) is 5.40. The van der Waals surface area contributed by atoms with Crippen molar-refractivity contribution in [1.82, 2.24) is 14.3 Å². The third-order valence-electron chi connectivity index (χ3n) is 8.10. The van der Waals surface area contributed by atoms with Gasteiger partial charge in [0.1, 0.15) is 10.6 Å². The Balaban J connectivity index is 1.44. The van der Waals surface area contributed by atoms with Crippen LogP contribution in [0.3, 0.4) is 0 Å². The van der Waals surface area contributed by atoms with Crippen LogP contribution in [0.5, 0.6) is 0 Å². The molecule has 1 aliphatic heterocycles. The second-order valence-corrected chi connectivity index (χ2v) is 12.9. The molecule has 0 spiro atoms. The molecule has 1 amide bonds. The summed E-state index contributed by atoms with van der Waals surface area (Å²) < 4.78 is 31.7. The zero-order valence-corrected chi connectivity index (χ0v) is 25.8. The molecule has 2 heterocycles. The number of anilines is 1. The van der Waals surface area contributed by atoms with Gasteiger partial charge in [-0.05, 0) is 79.8 Å². The van der Waals surface area contributed by atoms with Gasteiger partial charge in [-0.3, -0.25) is 18.6 Å². The Morgan fingerprint density at radius 3 is 2.36 bits per heavy atom. The largest absolute Gasteiger partial charge is 0.335 e. The van der Waals surface area contributed by atoms with Crippen LogP contribution >= 0.6 is 11.6 Å². The van der Waals surface area contributed by atoms with E-state index in [9.17, 15) is 18.0 Å². The van der Waals surface area contributed by atoms with Gasteiger partial charge >= 0.3 is 0 Å². The molecule has 0 fully saturated rings. The van der Waals surface area contributed by atoms with Gasteiger partial charge in [0, 0.05) is 32.7 Å².